The quantitative estimate of drug-likeness (QED) is 0.593. The van der Waals surface area contributed by atoms with Gasteiger partial charge in [0, 0.05) is 12.0 Å². The Morgan fingerprint density at radius 2 is 2.25 bits per heavy atom. The zero-order valence-corrected chi connectivity index (χ0v) is 7.42. The van der Waals surface area contributed by atoms with E-state index in [-0.39, 0.29) is 6.10 Å². The fraction of sp³-hybridized carbons (Fsp3) is 0.400. The molecule has 2 N–H and O–H groups in total. The molecular formula is C10H13NO. The average molecular weight is 163 g/mol. The molecule has 0 fully saturated rings. The Morgan fingerprint density at radius 3 is 3.00 bits per heavy atom. The minimum atomic E-state index is 0.282. The second kappa shape index (κ2) is 2.41. The normalized spacial score (nSPS) is 20.3. The van der Waals surface area contributed by atoms with Crippen LogP contribution in [0, 0.1) is 6.92 Å². The molecule has 0 bridgehead atoms. The first-order valence-electron chi connectivity index (χ1n) is 4.22. The summed E-state index contributed by atoms with van der Waals surface area (Å²) in [5.74, 6) is 0.896. The van der Waals surface area contributed by atoms with E-state index < -0.39 is 0 Å². The van der Waals surface area contributed by atoms with E-state index in [0.29, 0.717) is 0 Å². The van der Waals surface area contributed by atoms with Crippen molar-refractivity contribution in [3.8, 4) is 5.75 Å². The fourth-order valence-electron chi connectivity index (χ4n) is 1.73. The molecule has 2 heteroatoms. The number of nitrogen functional groups attached to an aromatic ring is 1. The van der Waals surface area contributed by atoms with Crippen LogP contribution in [0.3, 0.4) is 0 Å². The molecular weight excluding hydrogens is 150 g/mol. The highest BCUT2D eigenvalue weighted by molar-refractivity contribution is 5.60. The van der Waals surface area contributed by atoms with Crippen LogP contribution in [0.2, 0.25) is 0 Å². The van der Waals surface area contributed by atoms with Crippen LogP contribution in [0.1, 0.15) is 18.1 Å². The molecule has 1 aliphatic heterocycles. The van der Waals surface area contributed by atoms with E-state index in [0.717, 1.165) is 17.9 Å². The van der Waals surface area contributed by atoms with E-state index in [4.69, 9.17) is 10.5 Å². The van der Waals surface area contributed by atoms with E-state index in [2.05, 4.69) is 19.9 Å². The lowest BCUT2D eigenvalue weighted by Gasteiger charge is -2.05. The van der Waals surface area contributed by atoms with Crippen LogP contribution in [-0.4, -0.2) is 6.10 Å². The molecule has 2 nitrogen and oxygen atoms in total. The van der Waals surface area contributed by atoms with Crippen molar-refractivity contribution < 1.29 is 4.74 Å². The van der Waals surface area contributed by atoms with E-state index >= 15 is 0 Å². The third-order valence-electron chi connectivity index (χ3n) is 2.17. The molecule has 1 atom stereocenters. The van der Waals surface area contributed by atoms with Gasteiger partial charge in [-0.2, -0.15) is 0 Å². The number of fused-ring (bicyclic) bond motifs is 1. The number of aryl methyl sites for hydroxylation is 1. The highest BCUT2D eigenvalue weighted by atomic mass is 16.5. The van der Waals surface area contributed by atoms with Gasteiger partial charge in [0.1, 0.15) is 11.9 Å². The number of hydrogen-bond acceptors (Lipinski definition) is 2. The lowest BCUT2D eigenvalue weighted by atomic mass is 10.1. The van der Waals surface area contributed by atoms with Gasteiger partial charge in [0.25, 0.3) is 0 Å². The number of hydrogen-bond donors (Lipinski definition) is 1. The molecule has 2 rings (SSSR count). The summed E-state index contributed by atoms with van der Waals surface area (Å²) >= 11 is 0. The Kier molecular flexibility index (Phi) is 1.50. The maximum Gasteiger partial charge on any atom is 0.145 e. The molecule has 0 unspecified atom stereocenters. The van der Waals surface area contributed by atoms with Crippen LogP contribution >= 0.6 is 0 Å². The number of rotatable bonds is 0. The van der Waals surface area contributed by atoms with E-state index in [1.165, 1.54) is 11.1 Å². The Balaban J connectivity index is 2.52. The molecule has 0 aromatic heterocycles. The van der Waals surface area contributed by atoms with Crippen LogP contribution in [0.4, 0.5) is 5.69 Å². The summed E-state index contributed by atoms with van der Waals surface area (Å²) in [7, 11) is 0. The van der Waals surface area contributed by atoms with E-state index in [1.807, 2.05) is 6.07 Å². The average Bonchev–Trinajstić information content (AvgIpc) is 2.29. The summed E-state index contributed by atoms with van der Waals surface area (Å²) in [6.07, 6.45) is 1.27. The first-order chi connectivity index (χ1) is 5.66. The molecule has 1 aliphatic rings. The number of ether oxygens (including phenoxy) is 1. The zero-order chi connectivity index (χ0) is 8.72. The van der Waals surface area contributed by atoms with Crippen molar-refractivity contribution in [1.82, 2.24) is 0 Å². The van der Waals surface area contributed by atoms with Crippen molar-refractivity contribution in [3.63, 3.8) is 0 Å². The van der Waals surface area contributed by atoms with Crippen molar-refractivity contribution in [2.75, 3.05) is 5.73 Å². The molecule has 1 heterocycles. The standard InChI is InChI=1S/C10H13NO/c1-6-3-8-5-7(2)12-10(8)9(11)4-6/h3-4,7H,5,11H2,1-2H3/t7-/m1/s1. The summed E-state index contributed by atoms with van der Waals surface area (Å²) in [5.41, 5.74) is 9.04. The van der Waals surface area contributed by atoms with Gasteiger partial charge in [0.15, 0.2) is 0 Å². The SMILES string of the molecule is Cc1cc(N)c2c(c1)C[C@@H](C)O2. The predicted molar refractivity (Wildman–Crippen MR) is 49.4 cm³/mol. The van der Waals surface area contributed by atoms with Gasteiger partial charge < -0.3 is 10.5 Å². The largest absolute Gasteiger partial charge is 0.488 e. The minimum absolute atomic E-state index is 0.282. The Bertz CT molecular complexity index is 320. The maximum atomic E-state index is 5.81. The second-order valence-electron chi connectivity index (χ2n) is 3.47. The van der Waals surface area contributed by atoms with Crippen molar-refractivity contribution in [1.29, 1.82) is 0 Å². The fourth-order valence-corrected chi connectivity index (χ4v) is 1.73. The molecule has 12 heavy (non-hydrogen) atoms. The van der Waals surface area contributed by atoms with Crippen LogP contribution in [0.5, 0.6) is 5.75 Å². The summed E-state index contributed by atoms with van der Waals surface area (Å²) in [5, 5.41) is 0. The molecule has 0 amide bonds. The van der Waals surface area contributed by atoms with Crippen LogP contribution in [0.25, 0.3) is 0 Å². The van der Waals surface area contributed by atoms with Gasteiger partial charge >= 0.3 is 0 Å². The van der Waals surface area contributed by atoms with Gasteiger partial charge in [-0.15, -0.1) is 0 Å². The highest BCUT2D eigenvalue weighted by Gasteiger charge is 2.21. The first-order valence-corrected chi connectivity index (χ1v) is 4.22. The van der Waals surface area contributed by atoms with Crippen LogP contribution < -0.4 is 10.5 Å². The van der Waals surface area contributed by atoms with E-state index in [9.17, 15) is 0 Å². The third kappa shape index (κ3) is 1.04. The van der Waals surface area contributed by atoms with Crippen LogP contribution in [-0.2, 0) is 6.42 Å². The van der Waals surface area contributed by atoms with Gasteiger partial charge in [-0.1, -0.05) is 6.07 Å². The molecule has 0 saturated carbocycles. The molecule has 1 aromatic rings. The Morgan fingerprint density at radius 1 is 1.50 bits per heavy atom. The van der Waals surface area contributed by atoms with Gasteiger partial charge in [-0.3, -0.25) is 0 Å². The van der Waals surface area contributed by atoms with Crippen LogP contribution in [0.15, 0.2) is 12.1 Å². The lowest BCUT2D eigenvalue weighted by molar-refractivity contribution is 0.256. The molecule has 0 radical (unpaired) electrons. The highest BCUT2D eigenvalue weighted by Crippen LogP contribution is 2.35. The van der Waals surface area contributed by atoms with Gasteiger partial charge in [-0.25, -0.2) is 0 Å². The first kappa shape index (κ1) is 7.47. The summed E-state index contributed by atoms with van der Waals surface area (Å²) in [4.78, 5) is 0. The van der Waals surface area contributed by atoms with Crippen molar-refractivity contribution in [3.05, 3.63) is 23.3 Å². The van der Waals surface area contributed by atoms with Crippen molar-refractivity contribution in [2.45, 2.75) is 26.4 Å². The molecule has 0 aliphatic carbocycles. The van der Waals surface area contributed by atoms with E-state index in [1.54, 1.807) is 0 Å². The van der Waals surface area contributed by atoms with Gasteiger partial charge in [-0.05, 0) is 25.5 Å². The third-order valence-corrected chi connectivity index (χ3v) is 2.17. The summed E-state index contributed by atoms with van der Waals surface area (Å²) in [6.45, 7) is 4.12. The topological polar surface area (TPSA) is 35.2 Å². The smallest absolute Gasteiger partial charge is 0.145 e. The lowest BCUT2D eigenvalue weighted by Crippen LogP contribution is -2.05. The monoisotopic (exact) mass is 163 g/mol. The number of anilines is 1. The van der Waals surface area contributed by atoms with Crippen molar-refractivity contribution >= 4 is 5.69 Å². The van der Waals surface area contributed by atoms with Crippen molar-refractivity contribution in [2.24, 2.45) is 0 Å². The number of nitrogens with two attached hydrogens (primary N) is 1. The maximum absolute atomic E-state index is 5.81. The Labute approximate surface area is 72.3 Å². The summed E-state index contributed by atoms with van der Waals surface area (Å²) in [6, 6.07) is 4.10. The van der Waals surface area contributed by atoms with Gasteiger partial charge in [0.05, 0.1) is 5.69 Å². The predicted octanol–water partition coefficient (Wildman–Crippen LogP) is 1.90. The molecule has 0 saturated heterocycles. The molecule has 64 valence electrons. The Hall–Kier alpha value is -1.18. The zero-order valence-electron chi connectivity index (χ0n) is 7.42. The summed E-state index contributed by atoms with van der Waals surface area (Å²) < 4.78 is 5.57. The number of benzene rings is 1. The molecule has 1 aromatic carbocycles. The molecule has 0 spiro atoms. The second-order valence-corrected chi connectivity index (χ2v) is 3.47. The minimum Gasteiger partial charge on any atom is -0.488 e. The van der Waals surface area contributed by atoms with Gasteiger partial charge in [0.2, 0.25) is 0 Å².